The van der Waals surface area contributed by atoms with Gasteiger partial charge in [-0.25, -0.2) is 14.5 Å². The van der Waals surface area contributed by atoms with E-state index in [2.05, 4.69) is 35.1 Å². The summed E-state index contributed by atoms with van der Waals surface area (Å²) in [5, 5.41) is 6.06. The molecule has 1 aliphatic heterocycles. The fourth-order valence-electron chi connectivity index (χ4n) is 5.85. The standard InChI is InChI=1S/C36H42N6O4/c1-7-41(35(43)46-36(3,4)5)22-26-19-37-20-29(23(26)2)24-14-15-31-28(18-24)33(40-42(31)32-13-8-9-16-45-32)34-38-21-30(39-34)25-11-10-12-27(17-25)44-6/h10-12,14-15,17-21,32H,7-9,13,16,22H2,1-6H3,(H,38,39). The zero-order chi connectivity index (χ0) is 32.4. The van der Waals surface area contributed by atoms with Gasteiger partial charge in [0.15, 0.2) is 12.1 Å². The number of fused-ring (bicyclic) bond motifs is 1. The largest absolute Gasteiger partial charge is 0.497 e. The van der Waals surface area contributed by atoms with E-state index in [9.17, 15) is 4.79 Å². The maximum absolute atomic E-state index is 12.9. The van der Waals surface area contributed by atoms with E-state index in [0.717, 1.165) is 81.7 Å². The molecule has 0 radical (unpaired) electrons. The van der Waals surface area contributed by atoms with Gasteiger partial charge in [-0.1, -0.05) is 18.2 Å². The van der Waals surface area contributed by atoms with Gasteiger partial charge in [-0.3, -0.25) is 4.98 Å². The molecule has 1 fully saturated rings. The van der Waals surface area contributed by atoms with Crippen LogP contribution in [0.15, 0.2) is 61.1 Å². The number of methoxy groups -OCH3 is 1. The molecule has 0 aliphatic carbocycles. The Morgan fingerprint density at radius 3 is 2.72 bits per heavy atom. The van der Waals surface area contributed by atoms with Crippen LogP contribution in [-0.4, -0.2) is 61.6 Å². The smallest absolute Gasteiger partial charge is 0.410 e. The molecule has 46 heavy (non-hydrogen) atoms. The second-order valence-electron chi connectivity index (χ2n) is 12.7. The van der Waals surface area contributed by atoms with Crippen LogP contribution in [0, 0.1) is 6.92 Å². The molecule has 1 N–H and O–H groups in total. The Hall–Kier alpha value is -4.70. The Morgan fingerprint density at radius 2 is 1.98 bits per heavy atom. The Kier molecular flexibility index (Phi) is 8.82. The summed E-state index contributed by atoms with van der Waals surface area (Å²) in [5.74, 6) is 1.45. The summed E-state index contributed by atoms with van der Waals surface area (Å²) in [5.41, 5.74) is 6.94. The van der Waals surface area contributed by atoms with Crippen LogP contribution in [0.3, 0.4) is 0 Å². The predicted molar refractivity (Wildman–Crippen MR) is 178 cm³/mol. The summed E-state index contributed by atoms with van der Waals surface area (Å²) in [6, 6.07) is 14.2. The molecule has 5 aromatic rings. The van der Waals surface area contributed by atoms with Crippen molar-refractivity contribution in [2.75, 3.05) is 20.3 Å². The van der Waals surface area contributed by atoms with E-state index in [1.54, 1.807) is 12.0 Å². The van der Waals surface area contributed by atoms with E-state index in [0.29, 0.717) is 18.9 Å². The van der Waals surface area contributed by atoms with Gasteiger partial charge in [0.05, 0.1) is 24.9 Å². The molecule has 0 saturated carbocycles. The number of benzene rings is 2. The number of nitrogens with zero attached hydrogens (tertiary/aromatic N) is 5. The molecule has 3 aromatic heterocycles. The monoisotopic (exact) mass is 622 g/mol. The highest BCUT2D eigenvalue weighted by atomic mass is 16.6. The molecule has 1 unspecified atom stereocenters. The first-order valence-corrected chi connectivity index (χ1v) is 15.9. The molecule has 2 aromatic carbocycles. The first kappa shape index (κ1) is 31.3. The van der Waals surface area contributed by atoms with Crippen LogP contribution in [-0.2, 0) is 16.0 Å². The number of hydrogen-bond acceptors (Lipinski definition) is 7. The van der Waals surface area contributed by atoms with E-state index < -0.39 is 5.60 Å². The maximum atomic E-state index is 12.9. The molecule has 1 aliphatic rings. The minimum Gasteiger partial charge on any atom is -0.497 e. The highest BCUT2D eigenvalue weighted by molar-refractivity contribution is 5.95. The molecule has 240 valence electrons. The Balaban J connectivity index is 1.40. The summed E-state index contributed by atoms with van der Waals surface area (Å²) in [6.07, 6.45) is 8.19. The van der Waals surface area contributed by atoms with Crippen LogP contribution in [0.2, 0.25) is 0 Å². The van der Waals surface area contributed by atoms with Gasteiger partial charge in [-0.2, -0.15) is 5.10 Å². The number of amides is 1. The third-order valence-corrected chi connectivity index (χ3v) is 8.33. The summed E-state index contributed by atoms with van der Waals surface area (Å²) in [4.78, 5) is 27.5. The number of imidazole rings is 1. The van der Waals surface area contributed by atoms with Crippen molar-refractivity contribution in [3.63, 3.8) is 0 Å². The lowest BCUT2D eigenvalue weighted by atomic mass is 9.97. The van der Waals surface area contributed by atoms with Crippen molar-refractivity contribution in [2.24, 2.45) is 0 Å². The van der Waals surface area contributed by atoms with Crippen molar-refractivity contribution in [1.82, 2.24) is 29.6 Å². The SMILES string of the molecule is CCN(Cc1cncc(-c2ccc3c(c2)c(-c2nc(-c4cccc(OC)c4)c[nH]2)nn3C2CCCCO2)c1C)C(=O)OC(C)(C)C. The van der Waals surface area contributed by atoms with E-state index >= 15 is 0 Å². The number of pyridine rings is 1. The highest BCUT2D eigenvalue weighted by Crippen LogP contribution is 2.36. The number of ether oxygens (including phenoxy) is 3. The molecule has 1 amide bonds. The third-order valence-electron chi connectivity index (χ3n) is 8.33. The van der Waals surface area contributed by atoms with Crippen molar-refractivity contribution < 1.29 is 19.0 Å². The van der Waals surface area contributed by atoms with Gasteiger partial charge in [0.1, 0.15) is 17.0 Å². The molecule has 1 atom stereocenters. The lowest BCUT2D eigenvalue weighted by Gasteiger charge is -2.27. The highest BCUT2D eigenvalue weighted by Gasteiger charge is 2.25. The van der Waals surface area contributed by atoms with Gasteiger partial charge in [0.2, 0.25) is 0 Å². The molecule has 1 saturated heterocycles. The van der Waals surface area contributed by atoms with Gasteiger partial charge in [0, 0.05) is 48.3 Å². The van der Waals surface area contributed by atoms with Gasteiger partial charge >= 0.3 is 6.09 Å². The van der Waals surface area contributed by atoms with Gasteiger partial charge in [-0.15, -0.1) is 0 Å². The topological polar surface area (TPSA) is 107 Å². The van der Waals surface area contributed by atoms with E-state index in [-0.39, 0.29) is 12.3 Å². The number of H-pyrrole nitrogens is 1. The minimum absolute atomic E-state index is 0.136. The quantitative estimate of drug-likeness (QED) is 0.187. The zero-order valence-electron chi connectivity index (χ0n) is 27.5. The number of hydrogen-bond donors (Lipinski definition) is 1. The molecule has 0 bridgehead atoms. The summed E-state index contributed by atoms with van der Waals surface area (Å²) in [6.45, 7) is 11.3. The van der Waals surface area contributed by atoms with Crippen molar-refractivity contribution in [1.29, 1.82) is 0 Å². The molecule has 10 heteroatoms. The zero-order valence-corrected chi connectivity index (χ0v) is 27.5. The third kappa shape index (κ3) is 6.48. The second-order valence-corrected chi connectivity index (χ2v) is 12.7. The maximum Gasteiger partial charge on any atom is 0.410 e. The lowest BCUT2D eigenvalue weighted by Crippen LogP contribution is -2.36. The van der Waals surface area contributed by atoms with Crippen molar-refractivity contribution in [3.05, 3.63) is 72.2 Å². The molecular formula is C36H42N6O4. The van der Waals surface area contributed by atoms with Crippen LogP contribution in [0.25, 0.3) is 44.8 Å². The van der Waals surface area contributed by atoms with E-state index in [4.69, 9.17) is 24.3 Å². The summed E-state index contributed by atoms with van der Waals surface area (Å²) < 4.78 is 19.3. The van der Waals surface area contributed by atoms with Crippen molar-refractivity contribution in [3.8, 4) is 39.7 Å². The summed E-state index contributed by atoms with van der Waals surface area (Å²) in [7, 11) is 1.66. The average Bonchev–Trinajstić information content (AvgIpc) is 3.69. The number of nitrogens with one attached hydrogen (secondary N) is 1. The number of aromatic nitrogens is 5. The predicted octanol–water partition coefficient (Wildman–Crippen LogP) is 7.93. The Bertz CT molecular complexity index is 1850. The molecule has 0 spiro atoms. The Morgan fingerprint density at radius 1 is 1.13 bits per heavy atom. The van der Waals surface area contributed by atoms with Crippen molar-refractivity contribution in [2.45, 2.75) is 72.3 Å². The van der Waals surface area contributed by atoms with Crippen molar-refractivity contribution >= 4 is 17.0 Å². The molecule has 4 heterocycles. The first-order chi connectivity index (χ1) is 22.1. The minimum atomic E-state index is -0.567. The van der Waals surface area contributed by atoms with Gasteiger partial charge in [0.25, 0.3) is 0 Å². The number of carbonyl (C=O) groups is 1. The summed E-state index contributed by atoms with van der Waals surface area (Å²) >= 11 is 0. The van der Waals surface area contributed by atoms with Crippen LogP contribution < -0.4 is 4.74 Å². The first-order valence-electron chi connectivity index (χ1n) is 15.9. The molecular weight excluding hydrogens is 580 g/mol. The normalized spacial score (nSPS) is 15.2. The molecule has 10 nitrogen and oxygen atoms in total. The fraction of sp³-hybridized carbons (Fsp3) is 0.389. The van der Waals surface area contributed by atoms with Crippen LogP contribution in [0.1, 0.15) is 64.3 Å². The van der Waals surface area contributed by atoms with E-state index in [1.165, 1.54) is 0 Å². The number of carbonyl (C=O) groups excluding carboxylic acids is 1. The van der Waals surface area contributed by atoms with Crippen LogP contribution in [0.4, 0.5) is 4.79 Å². The Labute approximate surface area is 269 Å². The second kappa shape index (κ2) is 13.0. The average molecular weight is 623 g/mol. The fourth-order valence-corrected chi connectivity index (χ4v) is 5.85. The number of rotatable bonds is 8. The number of aromatic amines is 1. The van der Waals surface area contributed by atoms with Crippen LogP contribution in [0.5, 0.6) is 5.75 Å². The lowest BCUT2D eigenvalue weighted by molar-refractivity contribution is -0.0365. The van der Waals surface area contributed by atoms with Crippen LogP contribution >= 0.6 is 0 Å². The molecule has 6 rings (SSSR count). The van der Waals surface area contributed by atoms with E-state index in [1.807, 2.05) is 75.2 Å². The van der Waals surface area contributed by atoms with Gasteiger partial charge < -0.3 is 24.1 Å². The van der Waals surface area contributed by atoms with Gasteiger partial charge in [-0.05, 0) is 94.8 Å².